The standard InChI is InChI=1S/C13H18ClNO2/c14-9-5-4-8-13(16)15-10-11-17-12-6-2-1-3-7-12/h1-3,6-7H,4-5,8-11H2,(H,15,16). The number of ether oxygens (including phenoxy) is 1. The van der Waals surface area contributed by atoms with Crippen LogP contribution in [0.5, 0.6) is 5.75 Å². The van der Waals surface area contributed by atoms with E-state index < -0.39 is 0 Å². The van der Waals surface area contributed by atoms with Gasteiger partial charge in [0.2, 0.25) is 5.91 Å². The highest BCUT2D eigenvalue weighted by Gasteiger charge is 1.99. The zero-order valence-electron chi connectivity index (χ0n) is 9.82. The lowest BCUT2D eigenvalue weighted by Crippen LogP contribution is -2.27. The van der Waals surface area contributed by atoms with Crippen LogP contribution in [0.1, 0.15) is 19.3 Å². The molecule has 1 aromatic carbocycles. The Morgan fingerprint density at radius 3 is 2.71 bits per heavy atom. The number of unbranched alkanes of at least 4 members (excludes halogenated alkanes) is 1. The van der Waals surface area contributed by atoms with Crippen molar-refractivity contribution in [3.8, 4) is 5.75 Å². The first kappa shape index (κ1) is 13.8. The number of alkyl halides is 1. The molecule has 0 unspecified atom stereocenters. The zero-order valence-corrected chi connectivity index (χ0v) is 10.6. The van der Waals surface area contributed by atoms with Crippen LogP contribution in [0.4, 0.5) is 0 Å². The van der Waals surface area contributed by atoms with E-state index in [1.165, 1.54) is 0 Å². The monoisotopic (exact) mass is 255 g/mol. The summed E-state index contributed by atoms with van der Waals surface area (Å²) in [4.78, 5) is 11.3. The minimum Gasteiger partial charge on any atom is -0.492 e. The first-order valence-electron chi connectivity index (χ1n) is 5.83. The van der Waals surface area contributed by atoms with Crippen LogP contribution in [0, 0.1) is 0 Å². The molecule has 0 saturated carbocycles. The Hall–Kier alpha value is -1.22. The Morgan fingerprint density at radius 2 is 2.00 bits per heavy atom. The van der Waals surface area contributed by atoms with Crippen LogP contribution in [0.15, 0.2) is 30.3 Å². The van der Waals surface area contributed by atoms with Gasteiger partial charge in [-0.05, 0) is 25.0 Å². The summed E-state index contributed by atoms with van der Waals surface area (Å²) in [5, 5.41) is 2.80. The van der Waals surface area contributed by atoms with Crippen molar-refractivity contribution in [3.63, 3.8) is 0 Å². The summed E-state index contributed by atoms with van der Waals surface area (Å²) in [5.74, 6) is 1.50. The van der Waals surface area contributed by atoms with Gasteiger partial charge in [-0.2, -0.15) is 0 Å². The fourth-order valence-electron chi connectivity index (χ4n) is 1.34. The van der Waals surface area contributed by atoms with E-state index in [0.717, 1.165) is 18.6 Å². The number of carbonyl (C=O) groups is 1. The van der Waals surface area contributed by atoms with Crippen molar-refractivity contribution in [2.75, 3.05) is 19.0 Å². The van der Waals surface area contributed by atoms with E-state index in [0.29, 0.717) is 25.5 Å². The normalized spacial score (nSPS) is 9.94. The predicted octanol–water partition coefficient (Wildman–Crippen LogP) is 2.59. The number of nitrogens with one attached hydrogen (secondary N) is 1. The van der Waals surface area contributed by atoms with E-state index in [-0.39, 0.29) is 5.91 Å². The van der Waals surface area contributed by atoms with Gasteiger partial charge in [0.05, 0.1) is 6.54 Å². The summed E-state index contributed by atoms with van der Waals surface area (Å²) in [6, 6.07) is 9.55. The van der Waals surface area contributed by atoms with E-state index in [2.05, 4.69) is 5.32 Å². The van der Waals surface area contributed by atoms with E-state index in [1.54, 1.807) is 0 Å². The number of carbonyl (C=O) groups excluding carboxylic acids is 1. The van der Waals surface area contributed by atoms with Gasteiger partial charge in [0.15, 0.2) is 0 Å². The number of para-hydroxylation sites is 1. The molecule has 0 aliphatic heterocycles. The molecule has 0 fully saturated rings. The minimum absolute atomic E-state index is 0.0618. The molecule has 0 saturated heterocycles. The van der Waals surface area contributed by atoms with Gasteiger partial charge in [0, 0.05) is 12.3 Å². The van der Waals surface area contributed by atoms with Crippen LogP contribution in [-0.2, 0) is 4.79 Å². The number of halogens is 1. The second kappa shape index (κ2) is 8.88. The second-order valence-corrected chi connectivity index (χ2v) is 4.04. The molecular weight excluding hydrogens is 238 g/mol. The molecule has 0 heterocycles. The fraction of sp³-hybridized carbons (Fsp3) is 0.462. The summed E-state index contributed by atoms with van der Waals surface area (Å²) in [5.41, 5.74) is 0. The quantitative estimate of drug-likeness (QED) is 0.573. The maximum absolute atomic E-state index is 11.3. The Labute approximate surface area is 107 Å². The van der Waals surface area contributed by atoms with Gasteiger partial charge in [-0.15, -0.1) is 11.6 Å². The molecule has 94 valence electrons. The number of amides is 1. The highest BCUT2D eigenvalue weighted by molar-refractivity contribution is 6.17. The third-order valence-electron chi connectivity index (χ3n) is 2.22. The highest BCUT2D eigenvalue weighted by atomic mass is 35.5. The molecule has 0 atom stereocenters. The lowest BCUT2D eigenvalue weighted by Gasteiger charge is -2.07. The Bertz CT molecular complexity index is 316. The second-order valence-electron chi connectivity index (χ2n) is 3.66. The number of rotatable bonds is 8. The Balaban J connectivity index is 2.02. The molecule has 17 heavy (non-hydrogen) atoms. The molecule has 0 radical (unpaired) electrons. The van der Waals surface area contributed by atoms with Gasteiger partial charge < -0.3 is 10.1 Å². The van der Waals surface area contributed by atoms with Crippen molar-refractivity contribution in [1.82, 2.24) is 5.32 Å². The van der Waals surface area contributed by atoms with E-state index >= 15 is 0 Å². The summed E-state index contributed by atoms with van der Waals surface area (Å²) in [6.45, 7) is 1.03. The van der Waals surface area contributed by atoms with Crippen molar-refractivity contribution < 1.29 is 9.53 Å². The van der Waals surface area contributed by atoms with Gasteiger partial charge in [0.1, 0.15) is 12.4 Å². The third-order valence-corrected chi connectivity index (χ3v) is 2.49. The molecule has 1 N–H and O–H groups in total. The number of benzene rings is 1. The van der Waals surface area contributed by atoms with E-state index in [4.69, 9.17) is 16.3 Å². The molecule has 3 nitrogen and oxygen atoms in total. The van der Waals surface area contributed by atoms with Crippen molar-refractivity contribution in [3.05, 3.63) is 30.3 Å². The lowest BCUT2D eigenvalue weighted by molar-refractivity contribution is -0.121. The van der Waals surface area contributed by atoms with Crippen LogP contribution in [0.3, 0.4) is 0 Å². The average Bonchev–Trinajstić information content (AvgIpc) is 2.36. The summed E-state index contributed by atoms with van der Waals surface area (Å²) in [6.07, 6.45) is 2.27. The molecule has 0 aliphatic rings. The van der Waals surface area contributed by atoms with E-state index in [9.17, 15) is 4.79 Å². The molecule has 1 amide bonds. The van der Waals surface area contributed by atoms with Gasteiger partial charge >= 0.3 is 0 Å². The summed E-state index contributed by atoms with van der Waals surface area (Å²) in [7, 11) is 0. The van der Waals surface area contributed by atoms with Crippen molar-refractivity contribution >= 4 is 17.5 Å². The molecule has 1 aromatic rings. The van der Waals surface area contributed by atoms with Crippen molar-refractivity contribution in [2.45, 2.75) is 19.3 Å². The van der Waals surface area contributed by atoms with Gasteiger partial charge in [-0.3, -0.25) is 4.79 Å². The maximum Gasteiger partial charge on any atom is 0.220 e. The maximum atomic E-state index is 11.3. The number of hydrogen-bond acceptors (Lipinski definition) is 2. The molecule has 4 heteroatoms. The Morgan fingerprint density at radius 1 is 1.24 bits per heavy atom. The SMILES string of the molecule is O=C(CCCCCl)NCCOc1ccccc1. The smallest absolute Gasteiger partial charge is 0.220 e. The van der Waals surface area contributed by atoms with E-state index in [1.807, 2.05) is 30.3 Å². The van der Waals surface area contributed by atoms with Crippen LogP contribution >= 0.6 is 11.6 Å². The first-order valence-corrected chi connectivity index (χ1v) is 6.37. The minimum atomic E-state index is 0.0618. The fourth-order valence-corrected chi connectivity index (χ4v) is 1.53. The third kappa shape index (κ3) is 6.84. The van der Waals surface area contributed by atoms with Crippen molar-refractivity contribution in [2.24, 2.45) is 0 Å². The average molecular weight is 256 g/mol. The zero-order chi connectivity index (χ0) is 12.3. The predicted molar refractivity (Wildman–Crippen MR) is 69.5 cm³/mol. The van der Waals surface area contributed by atoms with Crippen LogP contribution < -0.4 is 10.1 Å². The van der Waals surface area contributed by atoms with Crippen LogP contribution in [0.2, 0.25) is 0 Å². The molecule has 0 spiro atoms. The van der Waals surface area contributed by atoms with Gasteiger partial charge in [0.25, 0.3) is 0 Å². The largest absolute Gasteiger partial charge is 0.492 e. The molecular formula is C13H18ClNO2. The summed E-state index contributed by atoms with van der Waals surface area (Å²) >= 11 is 5.53. The Kier molecular flexibility index (Phi) is 7.23. The van der Waals surface area contributed by atoms with Crippen LogP contribution in [0.25, 0.3) is 0 Å². The molecule has 0 aromatic heterocycles. The highest BCUT2D eigenvalue weighted by Crippen LogP contribution is 2.07. The summed E-state index contributed by atoms with van der Waals surface area (Å²) < 4.78 is 5.45. The van der Waals surface area contributed by atoms with Gasteiger partial charge in [-0.25, -0.2) is 0 Å². The molecule has 0 bridgehead atoms. The van der Waals surface area contributed by atoms with Crippen LogP contribution in [-0.4, -0.2) is 24.9 Å². The molecule has 0 aliphatic carbocycles. The van der Waals surface area contributed by atoms with Crippen molar-refractivity contribution in [1.29, 1.82) is 0 Å². The number of hydrogen-bond donors (Lipinski definition) is 1. The lowest BCUT2D eigenvalue weighted by atomic mass is 10.2. The molecule has 1 rings (SSSR count). The first-order chi connectivity index (χ1) is 8.33. The topological polar surface area (TPSA) is 38.3 Å². The van der Waals surface area contributed by atoms with Gasteiger partial charge in [-0.1, -0.05) is 18.2 Å².